The second-order valence-electron chi connectivity index (χ2n) is 7.39. The van der Waals surface area contributed by atoms with Crippen molar-refractivity contribution in [1.29, 1.82) is 0 Å². The Balaban J connectivity index is 1.77. The summed E-state index contributed by atoms with van der Waals surface area (Å²) >= 11 is 0. The minimum Gasteiger partial charge on any atom is -0.496 e. The normalized spacial score (nSPS) is 14.5. The summed E-state index contributed by atoms with van der Waals surface area (Å²) in [6.07, 6.45) is 5.99. The fraction of sp³-hybridized carbons (Fsp3) is 0.381. The number of hydrogen-bond donors (Lipinski definition) is 0. The van der Waals surface area contributed by atoms with E-state index in [-0.39, 0.29) is 6.09 Å². The predicted octanol–water partition coefficient (Wildman–Crippen LogP) is 4.18. The number of amides is 1. The average molecular weight is 367 g/mol. The lowest BCUT2D eigenvalue weighted by molar-refractivity contribution is 0.0270. The van der Waals surface area contributed by atoms with Gasteiger partial charge in [-0.3, -0.25) is 0 Å². The van der Waals surface area contributed by atoms with E-state index in [0.29, 0.717) is 18.9 Å². The topological polar surface area (TPSA) is 64.5 Å². The third-order valence-corrected chi connectivity index (χ3v) is 4.24. The van der Waals surface area contributed by atoms with Crippen molar-refractivity contribution in [3.05, 3.63) is 48.3 Å². The molecule has 1 aromatic heterocycles. The first-order valence-electron chi connectivity index (χ1n) is 9.00. The largest absolute Gasteiger partial charge is 0.496 e. The van der Waals surface area contributed by atoms with Crippen LogP contribution in [0, 0.1) is 0 Å². The van der Waals surface area contributed by atoms with E-state index in [4.69, 9.17) is 9.47 Å². The Morgan fingerprint density at radius 2 is 1.93 bits per heavy atom. The van der Waals surface area contributed by atoms with E-state index in [0.717, 1.165) is 23.3 Å². The van der Waals surface area contributed by atoms with E-state index in [2.05, 4.69) is 16.0 Å². The molecule has 0 atom stereocenters. The van der Waals surface area contributed by atoms with Crippen LogP contribution in [0.15, 0.2) is 42.7 Å². The van der Waals surface area contributed by atoms with E-state index in [1.807, 2.05) is 39.0 Å². The number of rotatable bonds is 3. The van der Waals surface area contributed by atoms with Crippen molar-refractivity contribution >= 4 is 11.7 Å². The van der Waals surface area contributed by atoms with Crippen LogP contribution in [0.25, 0.3) is 17.0 Å². The summed E-state index contributed by atoms with van der Waals surface area (Å²) in [7, 11) is 1.64. The Morgan fingerprint density at radius 1 is 1.19 bits per heavy atom. The molecule has 0 saturated carbocycles. The highest BCUT2D eigenvalue weighted by Gasteiger charge is 2.24. The number of benzene rings is 1. The molecule has 6 heteroatoms. The van der Waals surface area contributed by atoms with Crippen molar-refractivity contribution in [3.8, 4) is 17.1 Å². The van der Waals surface area contributed by atoms with Gasteiger partial charge in [-0.05, 0) is 56.5 Å². The first-order chi connectivity index (χ1) is 12.9. The molecule has 2 heterocycles. The molecule has 1 amide bonds. The molecular weight excluding hydrogens is 342 g/mol. The van der Waals surface area contributed by atoms with Gasteiger partial charge in [0, 0.05) is 25.5 Å². The van der Waals surface area contributed by atoms with Crippen molar-refractivity contribution in [1.82, 2.24) is 14.9 Å². The summed E-state index contributed by atoms with van der Waals surface area (Å²) in [5, 5.41) is 0. The fourth-order valence-corrected chi connectivity index (χ4v) is 2.94. The van der Waals surface area contributed by atoms with E-state index < -0.39 is 5.60 Å². The minimum atomic E-state index is -0.482. The molecule has 0 spiro atoms. The Kier molecular flexibility index (Phi) is 5.44. The molecule has 0 unspecified atom stereocenters. The van der Waals surface area contributed by atoms with Crippen molar-refractivity contribution in [3.63, 3.8) is 0 Å². The van der Waals surface area contributed by atoms with Gasteiger partial charge in [0.1, 0.15) is 11.4 Å². The molecule has 0 aliphatic carbocycles. The van der Waals surface area contributed by atoms with Crippen LogP contribution in [-0.2, 0) is 4.74 Å². The molecule has 0 bridgehead atoms. The quantitative estimate of drug-likeness (QED) is 0.814. The maximum absolute atomic E-state index is 12.2. The lowest BCUT2D eigenvalue weighted by Gasteiger charge is -2.29. The van der Waals surface area contributed by atoms with Gasteiger partial charge in [0.25, 0.3) is 0 Å². The highest BCUT2D eigenvalue weighted by Crippen LogP contribution is 2.32. The zero-order chi connectivity index (χ0) is 19.4. The van der Waals surface area contributed by atoms with Crippen molar-refractivity contribution in [2.45, 2.75) is 32.8 Å². The molecule has 27 heavy (non-hydrogen) atoms. The van der Waals surface area contributed by atoms with Gasteiger partial charge in [0.05, 0.1) is 12.7 Å². The van der Waals surface area contributed by atoms with E-state index in [9.17, 15) is 4.79 Å². The van der Waals surface area contributed by atoms with Crippen LogP contribution in [0.4, 0.5) is 4.79 Å². The summed E-state index contributed by atoms with van der Waals surface area (Å²) in [5.74, 6) is 1.36. The minimum absolute atomic E-state index is 0.271. The number of nitrogens with zero attached hydrogens (tertiary/aromatic N) is 3. The number of carbonyl (C=O) groups is 1. The lowest BCUT2D eigenvalue weighted by atomic mass is 9.97. The van der Waals surface area contributed by atoms with Crippen molar-refractivity contribution < 1.29 is 14.3 Å². The van der Waals surface area contributed by atoms with Crippen LogP contribution in [-0.4, -0.2) is 46.8 Å². The SMILES string of the molecule is COc1cc(C2=CCN(C(=O)OC(C)(C)C)CC2)ccc1-c1ncccn1. The molecule has 1 aliphatic rings. The highest BCUT2D eigenvalue weighted by molar-refractivity contribution is 5.75. The van der Waals surface area contributed by atoms with Crippen LogP contribution in [0.5, 0.6) is 5.75 Å². The molecule has 142 valence electrons. The van der Waals surface area contributed by atoms with Gasteiger partial charge in [-0.1, -0.05) is 12.1 Å². The maximum atomic E-state index is 12.2. The predicted molar refractivity (Wildman–Crippen MR) is 104 cm³/mol. The first kappa shape index (κ1) is 18.9. The van der Waals surface area contributed by atoms with Gasteiger partial charge in [0.2, 0.25) is 0 Å². The average Bonchev–Trinajstić information content (AvgIpc) is 2.67. The zero-order valence-electron chi connectivity index (χ0n) is 16.2. The van der Waals surface area contributed by atoms with Gasteiger partial charge in [-0.2, -0.15) is 0 Å². The lowest BCUT2D eigenvalue weighted by Crippen LogP contribution is -2.39. The van der Waals surface area contributed by atoms with Crippen LogP contribution in [0.2, 0.25) is 0 Å². The smallest absolute Gasteiger partial charge is 0.410 e. The molecule has 6 nitrogen and oxygen atoms in total. The van der Waals surface area contributed by atoms with Gasteiger partial charge in [-0.15, -0.1) is 0 Å². The Morgan fingerprint density at radius 3 is 2.52 bits per heavy atom. The van der Waals surface area contributed by atoms with Crippen LogP contribution in [0.1, 0.15) is 32.8 Å². The monoisotopic (exact) mass is 367 g/mol. The number of ether oxygens (including phenoxy) is 2. The molecule has 1 aromatic carbocycles. The van der Waals surface area contributed by atoms with Crippen LogP contribution >= 0.6 is 0 Å². The third-order valence-electron chi connectivity index (χ3n) is 4.24. The fourth-order valence-electron chi connectivity index (χ4n) is 2.94. The first-order valence-corrected chi connectivity index (χ1v) is 9.00. The molecule has 1 aliphatic heterocycles. The standard InChI is InChI=1S/C21H25N3O3/c1-21(2,3)27-20(25)24-12-8-15(9-13-24)16-6-7-17(18(14-16)26-4)19-22-10-5-11-23-19/h5-8,10-11,14H,9,12-13H2,1-4H3. The summed E-state index contributed by atoms with van der Waals surface area (Å²) in [4.78, 5) is 22.5. The molecule has 0 radical (unpaired) electrons. The molecule has 0 fully saturated rings. The van der Waals surface area contributed by atoms with E-state index in [1.165, 1.54) is 5.57 Å². The van der Waals surface area contributed by atoms with Gasteiger partial charge in [0.15, 0.2) is 5.82 Å². The Hall–Kier alpha value is -2.89. The highest BCUT2D eigenvalue weighted by atomic mass is 16.6. The van der Waals surface area contributed by atoms with Crippen molar-refractivity contribution in [2.75, 3.05) is 20.2 Å². The summed E-state index contributed by atoms with van der Waals surface area (Å²) in [6.45, 7) is 6.80. The molecule has 2 aromatic rings. The van der Waals surface area contributed by atoms with Crippen LogP contribution < -0.4 is 4.74 Å². The summed E-state index contributed by atoms with van der Waals surface area (Å²) < 4.78 is 11.0. The maximum Gasteiger partial charge on any atom is 0.410 e. The number of methoxy groups -OCH3 is 1. The summed E-state index contributed by atoms with van der Waals surface area (Å²) in [6, 6.07) is 7.81. The van der Waals surface area contributed by atoms with E-state index >= 15 is 0 Å². The third kappa shape index (κ3) is 4.64. The van der Waals surface area contributed by atoms with Crippen molar-refractivity contribution in [2.24, 2.45) is 0 Å². The van der Waals surface area contributed by atoms with Gasteiger partial charge in [-0.25, -0.2) is 14.8 Å². The molecular formula is C21H25N3O3. The summed E-state index contributed by atoms with van der Waals surface area (Å²) in [5.41, 5.74) is 2.64. The molecule has 3 rings (SSSR count). The Bertz CT molecular complexity index is 841. The molecule has 0 N–H and O–H groups in total. The van der Waals surface area contributed by atoms with Crippen LogP contribution in [0.3, 0.4) is 0 Å². The number of carbonyl (C=O) groups excluding carboxylic acids is 1. The van der Waals surface area contributed by atoms with Gasteiger partial charge >= 0.3 is 6.09 Å². The zero-order valence-corrected chi connectivity index (χ0v) is 16.2. The Labute approximate surface area is 159 Å². The molecule has 0 saturated heterocycles. The second-order valence-corrected chi connectivity index (χ2v) is 7.39. The number of aromatic nitrogens is 2. The van der Waals surface area contributed by atoms with E-state index in [1.54, 1.807) is 30.5 Å². The second kappa shape index (κ2) is 7.78. The number of hydrogen-bond acceptors (Lipinski definition) is 5. The van der Waals surface area contributed by atoms with Gasteiger partial charge < -0.3 is 14.4 Å².